The minimum atomic E-state index is 0. The van der Waals surface area contributed by atoms with E-state index in [4.69, 9.17) is 9.97 Å². The average Bonchev–Trinajstić information content (AvgIpc) is 3.44. The van der Waals surface area contributed by atoms with Crippen LogP contribution in [-0.4, -0.2) is 63.0 Å². The molecule has 3 aromatic rings. The number of allylic oxidation sites excluding steroid dienone is 1. The van der Waals surface area contributed by atoms with Crippen LogP contribution >= 0.6 is 0 Å². The van der Waals surface area contributed by atoms with Gasteiger partial charge in [0, 0.05) is 59.8 Å². The van der Waals surface area contributed by atoms with Gasteiger partial charge in [-0.25, -0.2) is 15.0 Å². The molecule has 0 saturated heterocycles. The Bertz CT molecular complexity index is 1440. The van der Waals surface area contributed by atoms with Crippen LogP contribution in [0.15, 0.2) is 11.1 Å². The van der Waals surface area contributed by atoms with E-state index in [9.17, 15) is 0 Å². The van der Waals surface area contributed by atoms with Crippen molar-refractivity contribution in [2.75, 3.05) is 0 Å². The number of rotatable bonds is 0. The third-order valence-electron chi connectivity index (χ3n) is 6.53. The molecule has 0 amide bonds. The summed E-state index contributed by atoms with van der Waals surface area (Å²) in [5, 5.41) is 8.52. The summed E-state index contributed by atoms with van der Waals surface area (Å²) in [4.78, 5) is 18.8. The van der Waals surface area contributed by atoms with Crippen LogP contribution in [0, 0.1) is 27.7 Å². The summed E-state index contributed by atoms with van der Waals surface area (Å²) < 4.78 is 4.08. The first kappa shape index (κ1) is 23.3. The quantitative estimate of drug-likeness (QED) is 0.482. The molecule has 2 aliphatic heterocycles. The summed E-state index contributed by atoms with van der Waals surface area (Å²) in [6.07, 6.45) is 2.08. The molecule has 3 aromatic heterocycles. The molecule has 0 saturated carbocycles. The standard InChI is InChI=1S/C24H26N8.Mg/c1-11-9-17-10-18-29-30-24(31(18)7)28-23-25-16(6)20(27-23)15(5)22-13(3)12(2)21(32(22)8)14(4)19(11)26-17;/h9-10H,1-8H3;. The molecule has 2 aliphatic rings. The summed E-state index contributed by atoms with van der Waals surface area (Å²) in [5.74, 6) is 0.846. The highest BCUT2D eigenvalue weighted by molar-refractivity contribution is 6.03. The molecule has 33 heavy (non-hydrogen) atoms. The predicted molar refractivity (Wildman–Crippen MR) is 134 cm³/mol. The molecule has 8 nitrogen and oxygen atoms in total. The van der Waals surface area contributed by atoms with Crippen molar-refractivity contribution in [3.8, 4) is 0 Å². The molecule has 5 heterocycles. The molecule has 9 heteroatoms. The molecule has 8 bridgehead atoms. The Morgan fingerprint density at radius 2 is 1.33 bits per heavy atom. The van der Waals surface area contributed by atoms with E-state index >= 15 is 0 Å². The van der Waals surface area contributed by atoms with E-state index in [0.717, 1.165) is 45.0 Å². The van der Waals surface area contributed by atoms with Gasteiger partial charge in [0.25, 0.3) is 11.7 Å². The van der Waals surface area contributed by atoms with Crippen LogP contribution in [0.2, 0.25) is 0 Å². The number of aromatic nitrogens is 7. The predicted octanol–water partition coefficient (Wildman–Crippen LogP) is 4.07. The van der Waals surface area contributed by atoms with Gasteiger partial charge in [0.1, 0.15) is 0 Å². The Balaban J connectivity index is 0.00000259. The van der Waals surface area contributed by atoms with Crippen molar-refractivity contribution < 1.29 is 0 Å². The first-order valence-electron chi connectivity index (χ1n) is 10.6. The van der Waals surface area contributed by atoms with E-state index in [1.807, 2.05) is 24.6 Å². The molecular formula is C24H26MgN8. The molecule has 0 aromatic carbocycles. The van der Waals surface area contributed by atoms with Gasteiger partial charge >= 0.3 is 0 Å². The minimum absolute atomic E-state index is 0. The smallest absolute Gasteiger partial charge is 0.254 e. The number of nitrogens with zero attached hydrogens (tertiary/aromatic N) is 8. The van der Waals surface area contributed by atoms with Crippen LogP contribution in [-0.2, 0) is 14.1 Å². The Morgan fingerprint density at radius 1 is 0.697 bits per heavy atom. The van der Waals surface area contributed by atoms with E-state index in [1.165, 1.54) is 16.6 Å². The number of aryl methyl sites for hydroxylation is 6. The first-order chi connectivity index (χ1) is 15.2. The molecule has 0 atom stereocenters. The average molecular weight is 451 g/mol. The highest BCUT2D eigenvalue weighted by atomic mass is 24.3. The van der Waals surface area contributed by atoms with Gasteiger partial charge in [-0.05, 0) is 69.9 Å². The Morgan fingerprint density at radius 3 is 2.00 bits per heavy atom. The van der Waals surface area contributed by atoms with Gasteiger partial charge in [-0.1, -0.05) is 0 Å². The maximum Gasteiger partial charge on any atom is 0.254 e. The van der Waals surface area contributed by atoms with Crippen LogP contribution in [0.5, 0.6) is 0 Å². The van der Waals surface area contributed by atoms with Crippen molar-refractivity contribution in [1.29, 1.82) is 0 Å². The molecule has 0 spiro atoms. The lowest BCUT2D eigenvalue weighted by Gasteiger charge is -2.06. The van der Waals surface area contributed by atoms with Gasteiger partial charge in [-0.15, -0.1) is 10.2 Å². The first-order valence-corrected chi connectivity index (χ1v) is 10.6. The molecule has 0 aliphatic carbocycles. The highest BCUT2D eigenvalue weighted by Crippen LogP contribution is 2.32. The molecular weight excluding hydrogens is 425 g/mol. The molecule has 5 rings (SSSR count). The SMILES string of the molecule is CC1=Cc2cc3nnc(nc4nc(c(C)c5c(C)c(C)c(c(C)c1n2)n5C)C(C)=N4)n3C.[Mg]. The zero-order valence-electron chi connectivity index (χ0n) is 20.4. The lowest BCUT2D eigenvalue weighted by Crippen LogP contribution is -1.99. The molecule has 0 fully saturated rings. The van der Waals surface area contributed by atoms with Crippen LogP contribution in [0.3, 0.4) is 0 Å². The van der Waals surface area contributed by atoms with Crippen LogP contribution in [0.25, 0.3) is 34.1 Å². The van der Waals surface area contributed by atoms with Crippen molar-refractivity contribution in [2.45, 2.75) is 41.5 Å². The highest BCUT2D eigenvalue weighted by Gasteiger charge is 2.19. The fourth-order valence-corrected chi connectivity index (χ4v) is 4.84. The topological polar surface area (TPSA) is 86.7 Å². The molecule has 0 N–H and O–H groups in total. The maximum absolute atomic E-state index is 4.94. The Hall–Kier alpha value is -2.91. The van der Waals surface area contributed by atoms with Crippen molar-refractivity contribution in [2.24, 2.45) is 19.1 Å². The Kier molecular flexibility index (Phi) is 5.74. The number of hydrogen-bond donors (Lipinski definition) is 0. The van der Waals surface area contributed by atoms with E-state index in [-0.39, 0.29) is 23.1 Å². The van der Waals surface area contributed by atoms with Crippen molar-refractivity contribution in [3.05, 3.63) is 45.4 Å². The normalized spacial score (nSPS) is 13.0. The number of aliphatic imine (C=N–C) groups is 1. The lowest BCUT2D eigenvalue weighted by molar-refractivity contribution is 0.966. The van der Waals surface area contributed by atoms with Crippen LogP contribution in [0.1, 0.15) is 53.2 Å². The number of fused-ring (bicyclic) bond motifs is 8. The summed E-state index contributed by atoms with van der Waals surface area (Å²) in [6.45, 7) is 12.7. The van der Waals surface area contributed by atoms with E-state index in [2.05, 4.69) is 72.5 Å². The lowest BCUT2D eigenvalue weighted by atomic mass is 10.1. The van der Waals surface area contributed by atoms with Gasteiger partial charge in [0.2, 0.25) is 0 Å². The van der Waals surface area contributed by atoms with Gasteiger partial charge in [-0.3, -0.25) is 4.57 Å². The number of hydrogen-bond acceptors (Lipinski definition) is 6. The Labute approximate surface area is 208 Å². The van der Waals surface area contributed by atoms with Gasteiger partial charge < -0.3 is 4.57 Å². The zero-order chi connectivity index (χ0) is 22.9. The van der Waals surface area contributed by atoms with E-state index in [1.54, 1.807) is 0 Å². The van der Waals surface area contributed by atoms with E-state index in [0.29, 0.717) is 17.4 Å². The van der Waals surface area contributed by atoms with Crippen molar-refractivity contribution in [3.63, 3.8) is 0 Å². The van der Waals surface area contributed by atoms with Gasteiger partial charge in [0.15, 0.2) is 5.65 Å². The monoisotopic (exact) mass is 450 g/mol. The van der Waals surface area contributed by atoms with Gasteiger partial charge in [-0.2, -0.15) is 4.98 Å². The second-order valence-electron chi connectivity index (χ2n) is 8.60. The second kappa shape index (κ2) is 8.14. The fourth-order valence-electron chi connectivity index (χ4n) is 4.84. The maximum atomic E-state index is 4.94. The van der Waals surface area contributed by atoms with Gasteiger partial charge in [0.05, 0.1) is 22.8 Å². The molecule has 2 radical (unpaired) electrons. The van der Waals surface area contributed by atoms with Crippen molar-refractivity contribution in [1.82, 2.24) is 34.3 Å². The summed E-state index contributed by atoms with van der Waals surface area (Å²) in [7, 11) is 4.00. The van der Waals surface area contributed by atoms with Crippen molar-refractivity contribution >= 4 is 68.8 Å². The molecule has 0 unspecified atom stereocenters. The summed E-state index contributed by atoms with van der Waals surface area (Å²) >= 11 is 0. The fraction of sp³-hybridized carbons (Fsp3) is 0.333. The summed E-state index contributed by atoms with van der Waals surface area (Å²) in [5.41, 5.74) is 12.4. The minimum Gasteiger partial charge on any atom is -0.344 e. The summed E-state index contributed by atoms with van der Waals surface area (Å²) in [6, 6.07) is 1.93. The third kappa shape index (κ3) is 3.50. The molecule has 164 valence electrons. The van der Waals surface area contributed by atoms with E-state index < -0.39 is 0 Å². The van der Waals surface area contributed by atoms with Crippen LogP contribution < -0.4 is 0 Å². The van der Waals surface area contributed by atoms with Crippen LogP contribution in [0.4, 0.5) is 5.95 Å². The second-order valence-corrected chi connectivity index (χ2v) is 8.60. The zero-order valence-corrected chi connectivity index (χ0v) is 21.9. The third-order valence-corrected chi connectivity index (χ3v) is 6.53. The largest absolute Gasteiger partial charge is 0.344 e.